The average molecular weight is 681 g/mol. The number of fused-ring (bicyclic) bond motifs is 1. The van der Waals surface area contributed by atoms with Gasteiger partial charge in [0.05, 0.1) is 38.9 Å². The van der Waals surface area contributed by atoms with E-state index >= 15 is 0 Å². The molecule has 1 amide bonds. The summed E-state index contributed by atoms with van der Waals surface area (Å²) in [6.45, 7) is 6.60. The van der Waals surface area contributed by atoms with Gasteiger partial charge in [0.15, 0.2) is 17.4 Å². The maximum atomic E-state index is 14.2. The molecule has 2 aromatic heterocycles. The monoisotopic (exact) mass is 680 g/mol. The minimum atomic E-state index is -4.15. The van der Waals surface area contributed by atoms with Gasteiger partial charge in [-0.15, -0.1) is 11.3 Å². The van der Waals surface area contributed by atoms with Gasteiger partial charge in [-0.25, -0.2) is 14.4 Å². The first-order valence-electron chi connectivity index (χ1n) is 14.2. The number of nitrogens with one attached hydrogen (secondary N) is 2. The van der Waals surface area contributed by atoms with Crippen molar-refractivity contribution >= 4 is 54.2 Å². The molecule has 12 nitrogen and oxygen atoms in total. The largest absolute Gasteiger partial charge is 0.494 e. The predicted molar refractivity (Wildman–Crippen MR) is 173 cm³/mol. The molecule has 0 saturated carbocycles. The first kappa shape index (κ1) is 34.6. The number of carbonyl (C=O) groups is 1. The number of thiophene rings is 1. The van der Waals surface area contributed by atoms with Crippen molar-refractivity contribution in [1.82, 2.24) is 9.97 Å². The summed E-state index contributed by atoms with van der Waals surface area (Å²) in [5.41, 5.74) is -0.564. The second kappa shape index (κ2) is 15.4. The molecule has 4 aromatic rings. The van der Waals surface area contributed by atoms with Crippen LogP contribution in [0.25, 0.3) is 21.6 Å². The highest BCUT2D eigenvalue weighted by molar-refractivity contribution is 7.73. The maximum Gasteiger partial charge on any atom is 0.365 e. The van der Waals surface area contributed by atoms with Crippen molar-refractivity contribution in [2.45, 2.75) is 33.2 Å². The van der Waals surface area contributed by atoms with E-state index in [1.54, 1.807) is 63.4 Å². The molecule has 0 aliphatic rings. The van der Waals surface area contributed by atoms with Crippen LogP contribution in [0, 0.1) is 5.82 Å². The second-order valence-corrected chi connectivity index (χ2v) is 14.7. The van der Waals surface area contributed by atoms with Crippen molar-refractivity contribution in [3.8, 4) is 17.1 Å². The Labute approximate surface area is 264 Å². The number of methoxy groups -OCH3 is 1. The van der Waals surface area contributed by atoms with Crippen LogP contribution in [0.2, 0.25) is 0 Å². The smallest absolute Gasteiger partial charge is 0.365 e. The lowest BCUT2D eigenvalue weighted by Crippen LogP contribution is -2.26. The Kier molecular flexibility index (Phi) is 11.8. The number of benzene rings is 2. The molecule has 0 spiro atoms. The summed E-state index contributed by atoms with van der Waals surface area (Å²) in [6.07, 6.45) is 0. The number of halogens is 1. The predicted octanol–water partition coefficient (Wildman–Crippen LogP) is 7.99. The molecule has 16 heteroatoms. The lowest BCUT2D eigenvalue weighted by Gasteiger charge is -2.32. The molecule has 0 unspecified atom stereocenters. The van der Waals surface area contributed by atoms with Crippen molar-refractivity contribution < 1.29 is 41.1 Å². The third kappa shape index (κ3) is 7.96. The minimum absolute atomic E-state index is 0.00855. The van der Waals surface area contributed by atoms with Crippen LogP contribution in [-0.4, -0.2) is 54.9 Å². The summed E-state index contributed by atoms with van der Waals surface area (Å²) < 4.78 is 69.7. The summed E-state index contributed by atoms with van der Waals surface area (Å²) in [5.74, 6) is -0.636. The summed E-state index contributed by atoms with van der Waals surface area (Å²) in [4.78, 5) is 23.0. The Balaban J connectivity index is 1.75. The summed E-state index contributed by atoms with van der Waals surface area (Å²) >= 11 is 1.33. The molecule has 0 saturated heterocycles. The van der Waals surface area contributed by atoms with Crippen LogP contribution in [0.1, 0.15) is 38.1 Å². The van der Waals surface area contributed by atoms with E-state index in [9.17, 15) is 18.3 Å². The van der Waals surface area contributed by atoms with Crippen molar-refractivity contribution in [3.05, 3.63) is 65.3 Å². The number of nitrogens with zero attached hydrogens (tertiary/aromatic N) is 2. The van der Waals surface area contributed by atoms with Gasteiger partial charge in [0.25, 0.3) is 5.91 Å². The molecule has 4 rings (SSSR count). The quantitative estimate of drug-likeness (QED) is 0.111. The number of carbonyl (C=O) groups excluding carboxylic acids is 1. The van der Waals surface area contributed by atoms with E-state index in [1.807, 2.05) is 0 Å². The fourth-order valence-corrected chi connectivity index (χ4v) is 10.0. The zero-order valence-electron chi connectivity index (χ0n) is 25.4. The lowest BCUT2D eigenvalue weighted by atomic mass is 10.1. The number of hydrogen-bond donors (Lipinski definition) is 2. The minimum Gasteiger partial charge on any atom is -0.494 e. The molecule has 242 valence electrons. The SMILES string of the molecule is CCOP(=O)(OCC)C(Nc1nc(-c2cccc(C(=O)Nc3ccc(OC)c(F)c3)c2)nc2sccc12)P(=O)(OCC)OCC. The van der Waals surface area contributed by atoms with Gasteiger partial charge >= 0.3 is 15.2 Å². The van der Waals surface area contributed by atoms with Crippen molar-refractivity contribution in [2.24, 2.45) is 0 Å². The average Bonchev–Trinajstić information content (AvgIpc) is 3.49. The normalized spacial score (nSPS) is 12.1. The van der Waals surface area contributed by atoms with Gasteiger partial charge in [-0.2, -0.15) is 0 Å². The number of hydrogen-bond acceptors (Lipinski definition) is 12. The van der Waals surface area contributed by atoms with E-state index in [0.29, 0.717) is 15.8 Å². The molecule has 0 aliphatic carbocycles. The Morgan fingerprint density at radius 2 is 1.56 bits per heavy atom. The van der Waals surface area contributed by atoms with Gasteiger partial charge in [0.2, 0.25) is 5.52 Å². The van der Waals surface area contributed by atoms with Gasteiger partial charge in [-0.3, -0.25) is 13.9 Å². The number of amides is 1. The third-order valence-corrected chi connectivity index (χ3v) is 12.7. The number of anilines is 2. The first-order chi connectivity index (χ1) is 21.6. The fourth-order valence-electron chi connectivity index (χ4n) is 4.37. The van der Waals surface area contributed by atoms with Gasteiger partial charge in [0.1, 0.15) is 10.6 Å². The van der Waals surface area contributed by atoms with E-state index in [2.05, 4.69) is 15.6 Å². The number of aromatic nitrogens is 2. The van der Waals surface area contributed by atoms with E-state index in [-0.39, 0.29) is 55.1 Å². The summed E-state index contributed by atoms with van der Waals surface area (Å²) in [5, 5.41) is 8.06. The molecule has 45 heavy (non-hydrogen) atoms. The Morgan fingerprint density at radius 1 is 0.911 bits per heavy atom. The third-order valence-electron chi connectivity index (χ3n) is 6.22. The van der Waals surface area contributed by atoms with Crippen LogP contribution in [0.5, 0.6) is 5.75 Å². The number of ether oxygens (including phenoxy) is 1. The highest BCUT2D eigenvalue weighted by Crippen LogP contribution is 2.70. The highest BCUT2D eigenvalue weighted by atomic mass is 32.1. The van der Waals surface area contributed by atoms with E-state index in [4.69, 9.17) is 27.8 Å². The van der Waals surface area contributed by atoms with Crippen molar-refractivity contribution in [1.29, 1.82) is 0 Å². The van der Waals surface area contributed by atoms with Crippen LogP contribution in [0.3, 0.4) is 0 Å². The second-order valence-electron chi connectivity index (χ2n) is 9.19. The Bertz CT molecular complexity index is 1690. The molecule has 2 N–H and O–H groups in total. The summed E-state index contributed by atoms with van der Waals surface area (Å²) in [6, 6.07) is 12.4. The molecule has 0 bridgehead atoms. The fraction of sp³-hybridized carbons (Fsp3) is 0.345. The molecule has 0 aliphatic heterocycles. The standard InChI is InChI=1S/C29H35FN4O8P2S/c1-6-39-43(36,40-7-2)29(44(37,41-8-3)42-9-4)34-26-22-15-16-45-28(22)33-25(32-26)19-11-10-12-20(17-19)27(35)31-21-13-14-24(38-5)23(30)18-21/h10-18,29H,6-9H2,1-5H3,(H,31,35)(H,32,33,34). The van der Waals surface area contributed by atoms with Gasteiger partial charge in [-0.1, -0.05) is 12.1 Å². The molecule has 0 radical (unpaired) electrons. The van der Waals surface area contributed by atoms with Crippen molar-refractivity contribution in [3.63, 3.8) is 0 Å². The van der Waals surface area contributed by atoms with E-state index in [0.717, 1.165) is 6.07 Å². The molecule has 2 heterocycles. The van der Waals surface area contributed by atoms with Crippen LogP contribution in [0.15, 0.2) is 53.9 Å². The van der Waals surface area contributed by atoms with Crippen LogP contribution in [-0.2, 0) is 27.2 Å². The van der Waals surface area contributed by atoms with Crippen LogP contribution < -0.4 is 15.4 Å². The zero-order chi connectivity index (χ0) is 32.6. The highest BCUT2D eigenvalue weighted by Gasteiger charge is 2.51. The molecular formula is C29H35FN4O8P2S. The van der Waals surface area contributed by atoms with E-state index < -0.39 is 32.4 Å². The zero-order valence-corrected chi connectivity index (χ0v) is 28.0. The Hall–Kier alpha value is -3.22. The van der Waals surface area contributed by atoms with Gasteiger partial charge in [0, 0.05) is 22.9 Å². The maximum absolute atomic E-state index is 14.2. The molecule has 0 fully saturated rings. The summed E-state index contributed by atoms with van der Waals surface area (Å²) in [7, 11) is -6.96. The number of rotatable bonds is 16. The Morgan fingerprint density at radius 3 is 2.13 bits per heavy atom. The van der Waals surface area contributed by atoms with Gasteiger partial charge in [-0.05, 0) is 63.4 Å². The first-order valence-corrected chi connectivity index (χ1v) is 18.3. The van der Waals surface area contributed by atoms with Crippen LogP contribution in [0.4, 0.5) is 15.9 Å². The van der Waals surface area contributed by atoms with Crippen LogP contribution >= 0.6 is 26.5 Å². The topological polar surface area (TPSA) is 147 Å². The molecule has 2 aromatic carbocycles. The van der Waals surface area contributed by atoms with E-state index in [1.165, 1.54) is 30.6 Å². The molecule has 0 atom stereocenters. The molecular weight excluding hydrogens is 645 g/mol. The lowest BCUT2D eigenvalue weighted by molar-refractivity contribution is 0.102. The van der Waals surface area contributed by atoms with Gasteiger partial charge < -0.3 is 33.5 Å². The van der Waals surface area contributed by atoms with Crippen molar-refractivity contribution in [2.75, 3.05) is 44.2 Å².